The zero-order chi connectivity index (χ0) is 14.7. The van der Waals surface area contributed by atoms with Crippen LogP contribution in [0.2, 0.25) is 0 Å². The Hall–Kier alpha value is 4.41. The van der Waals surface area contributed by atoms with Crippen molar-refractivity contribution in [2.75, 3.05) is 26.4 Å². The van der Waals surface area contributed by atoms with E-state index in [1.165, 1.54) is 0 Å². The van der Waals surface area contributed by atoms with Crippen LogP contribution in [0.3, 0.4) is 0 Å². The molecule has 0 aromatic rings. The maximum atomic E-state index is 5.04. The third-order valence-electron chi connectivity index (χ3n) is 1.17. The Balaban J connectivity index is -0.0000000366. The van der Waals surface area contributed by atoms with Crippen molar-refractivity contribution in [2.24, 2.45) is 0 Å². The van der Waals surface area contributed by atoms with E-state index in [1.54, 1.807) is 0 Å². The van der Waals surface area contributed by atoms with Crippen LogP contribution in [-0.4, -0.2) is 26.4 Å². The molecule has 23 heavy (non-hydrogen) atoms. The first kappa shape index (κ1) is 45.9. The molecule has 0 aliphatic heterocycles. The van der Waals surface area contributed by atoms with Gasteiger partial charge in [0.15, 0.2) is 0 Å². The molecule has 0 radical (unpaired) electrons. The Kier molecular flexibility index (Phi) is 57.1. The molecule has 4 nitrogen and oxygen atoms in total. The Morgan fingerprint density at radius 3 is 0.826 bits per heavy atom. The minimum absolute atomic E-state index is 0. The fourth-order valence-corrected chi connectivity index (χ4v) is 4.83. The van der Waals surface area contributed by atoms with Gasteiger partial charge in [-0.3, -0.25) is 0 Å². The first-order valence-corrected chi connectivity index (χ1v) is 13.1. The van der Waals surface area contributed by atoms with Gasteiger partial charge in [-0.25, -0.2) is 0 Å². The molecule has 0 N–H and O–H groups in total. The maximum Gasteiger partial charge on any atom is 2.00 e. The van der Waals surface area contributed by atoms with Crippen molar-refractivity contribution in [1.29, 1.82) is 0 Å². The molecular weight excluding hydrogens is 611 g/mol. The third-order valence-corrected chi connectivity index (χ3v) is 6.16. The van der Waals surface area contributed by atoms with Gasteiger partial charge in [0.05, 0.1) is 26.4 Å². The summed E-state index contributed by atoms with van der Waals surface area (Å²) < 4.78 is 20.2. The van der Waals surface area contributed by atoms with Gasteiger partial charge in [-0.1, -0.05) is 24.5 Å². The minimum Gasteiger partial charge on any atom is -2.00 e. The molecule has 0 amide bonds. The van der Waals surface area contributed by atoms with Crippen molar-refractivity contribution in [3.05, 3.63) is 0 Å². The molecule has 0 aliphatic rings. The largest absolute Gasteiger partial charge is 2.00 e. The second-order valence-corrected chi connectivity index (χ2v) is 13.2. The summed E-state index contributed by atoms with van der Waals surface area (Å²) in [4.78, 5) is 0. The average Bonchev–Trinajstić information content (AvgIpc) is 2.17. The smallest absolute Gasteiger partial charge is 2.00 e. The van der Waals surface area contributed by atoms with Crippen molar-refractivity contribution in [3.8, 4) is 0 Å². The fraction of sp³-hybridized carbons (Fsp3) is 1.00. The molecule has 128 valence electrons. The summed E-state index contributed by atoms with van der Waals surface area (Å²) in [5.74, 6) is 0. The summed E-state index contributed by atoms with van der Waals surface area (Å²) in [6, 6.07) is 0. The predicted molar refractivity (Wildman–Crippen MR) is 108 cm³/mol. The molecule has 0 aliphatic carbocycles. The van der Waals surface area contributed by atoms with Crippen LogP contribution < -0.4 is 0 Å². The standard InChI is InChI=1S/2C4H11O2PS2.2S.3Zn/c2*1-3-5-7(8,9)6-4-2;;;;;/h2*3-4H2,1-2H3,(H,8,9);;;;;/q;;2*-2;3*+2. The molecule has 0 saturated heterocycles. The Bertz CT molecular complexity index is 259. The van der Waals surface area contributed by atoms with E-state index < -0.39 is 11.4 Å². The first-order valence-electron chi connectivity index (χ1n) is 5.48. The SMILES string of the molecule is CCOP(=S)(S)OCC.CCOP(=S)(S)OCC.[S-2].[S-2].[Zn+2].[Zn+2].[Zn+2]. The van der Waals surface area contributed by atoms with Gasteiger partial charge in [0.2, 0.25) is 11.4 Å². The van der Waals surface area contributed by atoms with Gasteiger partial charge in [0.1, 0.15) is 0 Å². The van der Waals surface area contributed by atoms with Gasteiger partial charge < -0.3 is 45.1 Å². The van der Waals surface area contributed by atoms with Crippen molar-refractivity contribution in [2.45, 2.75) is 27.7 Å². The monoisotopic (exact) mass is 628 g/mol. The molecular formula is C8H22O4P2S6Zn3+2. The number of hydrogen-bond acceptors (Lipinski definition) is 6. The molecule has 0 spiro atoms. The van der Waals surface area contributed by atoms with Gasteiger partial charge in [-0.2, -0.15) is 0 Å². The van der Waals surface area contributed by atoms with Crippen LogP contribution >= 0.6 is 35.9 Å². The van der Waals surface area contributed by atoms with Crippen LogP contribution in [0.4, 0.5) is 0 Å². The van der Waals surface area contributed by atoms with E-state index in [0.717, 1.165) is 0 Å². The van der Waals surface area contributed by atoms with Crippen LogP contribution in [0.1, 0.15) is 27.7 Å². The number of hydrogen-bond donors (Lipinski definition) is 2. The van der Waals surface area contributed by atoms with E-state index in [-0.39, 0.29) is 85.4 Å². The quantitative estimate of drug-likeness (QED) is 0.235. The number of thiol groups is 2. The zero-order valence-electron chi connectivity index (χ0n) is 14.0. The van der Waals surface area contributed by atoms with Gasteiger partial charge in [0.25, 0.3) is 0 Å². The van der Waals surface area contributed by atoms with Crippen molar-refractivity contribution in [3.63, 3.8) is 0 Å². The Morgan fingerprint density at radius 2 is 0.739 bits per heavy atom. The summed E-state index contributed by atoms with van der Waals surface area (Å²) in [6.07, 6.45) is 0. The van der Waals surface area contributed by atoms with Crippen molar-refractivity contribution >= 4 is 86.5 Å². The minimum atomic E-state index is -2.16. The molecule has 0 aromatic heterocycles. The van der Waals surface area contributed by atoms with E-state index in [2.05, 4.69) is 24.5 Å². The summed E-state index contributed by atoms with van der Waals surface area (Å²) >= 11 is 17.8. The summed E-state index contributed by atoms with van der Waals surface area (Å²) in [5.41, 5.74) is -4.33. The van der Waals surface area contributed by atoms with E-state index in [9.17, 15) is 0 Å². The molecule has 0 bridgehead atoms. The average molecular weight is 633 g/mol. The van der Waals surface area contributed by atoms with Gasteiger partial charge in [-0.15, -0.1) is 0 Å². The summed E-state index contributed by atoms with van der Waals surface area (Å²) in [6.45, 7) is 9.77. The molecule has 0 heterocycles. The van der Waals surface area contributed by atoms with Crippen LogP contribution in [0, 0.1) is 0 Å². The number of rotatable bonds is 8. The predicted octanol–water partition coefficient (Wildman–Crippen LogP) is 4.42. The fourth-order valence-electron chi connectivity index (χ4n) is 0.727. The zero-order valence-corrected chi connectivity index (χ0v) is 29.7. The first-order chi connectivity index (χ1) is 8.24. The molecule has 0 rings (SSSR count). The van der Waals surface area contributed by atoms with Crippen LogP contribution in [0.5, 0.6) is 0 Å². The summed E-state index contributed by atoms with van der Waals surface area (Å²) in [7, 11) is 0. The topological polar surface area (TPSA) is 36.9 Å². The molecule has 0 unspecified atom stereocenters. The summed E-state index contributed by atoms with van der Waals surface area (Å²) in [5, 5.41) is 0. The van der Waals surface area contributed by atoms with Crippen molar-refractivity contribution < 1.29 is 76.5 Å². The van der Waals surface area contributed by atoms with Crippen molar-refractivity contribution in [1.82, 2.24) is 0 Å². The Morgan fingerprint density at radius 1 is 0.609 bits per heavy atom. The van der Waals surface area contributed by atoms with E-state index >= 15 is 0 Å². The normalized spacial score (nSPS) is 9.30. The van der Waals surface area contributed by atoms with E-state index in [1.807, 2.05) is 27.7 Å². The Labute approximate surface area is 214 Å². The maximum absolute atomic E-state index is 5.04. The second-order valence-electron chi connectivity index (χ2n) is 2.61. The molecule has 0 fully saturated rings. The van der Waals surface area contributed by atoms with Crippen LogP contribution in [0.25, 0.3) is 0 Å². The molecule has 0 aromatic carbocycles. The second kappa shape index (κ2) is 28.6. The third kappa shape index (κ3) is 37.8. The molecule has 0 saturated carbocycles. The van der Waals surface area contributed by atoms with Gasteiger partial charge >= 0.3 is 58.4 Å². The van der Waals surface area contributed by atoms with E-state index in [4.69, 9.17) is 41.7 Å². The van der Waals surface area contributed by atoms with Gasteiger partial charge in [0, 0.05) is 0 Å². The van der Waals surface area contributed by atoms with Crippen LogP contribution in [0.15, 0.2) is 0 Å². The molecule has 0 atom stereocenters. The molecule has 15 heteroatoms. The van der Waals surface area contributed by atoms with E-state index in [0.29, 0.717) is 26.4 Å². The van der Waals surface area contributed by atoms with Gasteiger partial charge in [-0.05, 0) is 51.3 Å². The van der Waals surface area contributed by atoms with Crippen LogP contribution in [-0.2, 0) is 127 Å².